The van der Waals surface area contributed by atoms with Crippen LogP contribution in [0.3, 0.4) is 0 Å². The predicted octanol–water partition coefficient (Wildman–Crippen LogP) is 6.71. The second-order valence-electron chi connectivity index (χ2n) is 9.94. The Morgan fingerprint density at radius 2 is 1.90 bits per heavy atom. The Labute approximate surface area is 191 Å². The molecule has 0 amide bonds. The Bertz CT molecular complexity index is 1140. The molecule has 0 radical (unpaired) electrons. The van der Waals surface area contributed by atoms with Crippen molar-refractivity contribution in [1.29, 1.82) is 0 Å². The Morgan fingerprint density at radius 3 is 2.55 bits per heavy atom. The second kappa shape index (κ2) is 7.89. The van der Waals surface area contributed by atoms with E-state index in [-0.39, 0.29) is 0 Å². The first-order chi connectivity index (χ1) is 14.8. The number of thiophene rings is 1. The highest BCUT2D eigenvalue weighted by molar-refractivity contribution is 7.98. The van der Waals surface area contributed by atoms with Gasteiger partial charge in [-0.05, 0) is 66.7 Å². The molecule has 0 spiro atoms. The van der Waals surface area contributed by atoms with E-state index in [9.17, 15) is 4.79 Å². The molecule has 2 aliphatic carbocycles. The van der Waals surface area contributed by atoms with E-state index in [0.717, 1.165) is 35.0 Å². The average molecular weight is 453 g/mol. The maximum atomic E-state index is 11.1. The van der Waals surface area contributed by atoms with E-state index in [1.807, 2.05) is 23.5 Å². The Kier molecular flexibility index (Phi) is 5.33. The predicted molar refractivity (Wildman–Crippen MR) is 127 cm³/mol. The number of thioether (sulfide) groups is 1. The Balaban J connectivity index is 1.48. The van der Waals surface area contributed by atoms with Crippen LogP contribution >= 0.6 is 23.1 Å². The highest BCUT2D eigenvalue weighted by Gasteiger charge is 2.33. The topological polar surface area (TPSA) is 63.1 Å². The lowest BCUT2D eigenvalue weighted by Crippen LogP contribution is -2.26. The Hall–Kier alpha value is -1.92. The van der Waals surface area contributed by atoms with Gasteiger partial charge in [-0.2, -0.15) is 0 Å². The van der Waals surface area contributed by atoms with Gasteiger partial charge in [0.05, 0.1) is 5.56 Å². The zero-order valence-corrected chi connectivity index (χ0v) is 19.9. The summed E-state index contributed by atoms with van der Waals surface area (Å²) < 4.78 is 0. The van der Waals surface area contributed by atoms with Gasteiger partial charge in [0.25, 0.3) is 0 Å². The van der Waals surface area contributed by atoms with E-state index in [1.165, 1.54) is 39.9 Å². The molecule has 1 N–H and O–H groups in total. The van der Waals surface area contributed by atoms with Crippen molar-refractivity contribution in [3.8, 4) is 0 Å². The maximum absolute atomic E-state index is 11.1. The van der Waals surface area contributed by atoms with Crippen LogP contribution in [-0.2, 0) is 18.6 Å². The molecule has 31 heavy (non-hydrogen) atoms. The van der Waals surface area contributed by atoms with Gasteiger partial charge >= 0.3 is 5.97 Å². The van der Waals surface area contributed by atoms with Crippen molar-refractivity contribution in [2.24, 2.45) is 11.3 Å². The lowest BCUT2D eigenvalue weighted by molar-refractivity contribution is 0.0697. The number of nitrogens with zero attached hydrogens (tertiary/aromatic N) is 2. The molecule has 2 aliphatic rings. The number of benzene rings is 1. The zero-order valence-electron chi connectivity index (χ0n) is 18.3. The molecule has 6 heteroatoms. The fourth-order valence-corrected chi connectivity index (χ4v) is 6.81. The van der Waals surface area contributed by atoms with Gasteiger partial charge < -0.3 is 5.11 Å². The number of aryl methyl sites for hydroxylation is 1. The third kappa shape index (κ3) is 4.24. The number of aromatic carboxylic acids is 1. The SMILES string of the molecule is CC(C)(C)[C@@H]1CCc2c(sc3nc(C4CC4)nc(SCc4ccc(C(=O)O)cc4)c23)C1. The van der Waals surface area contributed by atoms with Crippen molar-refractivity contribution in [2.45, 2.75) is 69.6 Å². The minimum atomic E-state index is -0.885. The molecule has 0 saturated heterocycles. The van der Waals surface area contributed by atoms with Crippen molar-refractivity contribution in [3.05, 3.63) is 51.7 Å². The summed E-state index contributed by atoms with van der Waals surface area (Å²) in [6, 6.07) is 7.19. The molecule has 1 saturated carbocycles. The minimum absolute atomic E-state index is 0.328. The number of hydrogen-bond donors (Lipinski definition) is 1. The maximum Gasteiger partial charge on any atom is 0.335 e. The van der Waals surface area contributed by atoms with Gasteiger partial charge in [-0.25, -0.2) is 14.8 Å². The molecule has 1 aromatic carbocycles. The summed E-state index contributed by atoms with van der Waals surface area (Å²) in [6.07, 6.45) is 5.89. The number of carbonyl (C=O) groups is 1. The summed E-state index contributed by atoms with van der Waals surface area (Å²) in [4.78, 5) is 23.8. The fourth-order valence-electron chi connectivity index (χ4n) is 4.42. The zero-order chi connectivity index (χ0) is 21.8. The van der Waals surface area contributed by atoms with Gasteiger partial charge in [-0.15, -0.1) is 23.1 Å². The van der Waals surface area contributed by atoms with Gasteiger partial charge in [-0.1, -0.05) is 32.9 Å². The first kappa shape index (κ1) is 21.0. The smallest absolute Gasteiger partial charge is 0.335 e. The lowest BCUT2D eigenvalue weighted by atomic mass is 9.72. The van der Waals surface area contributed by atoms with Crippen molar-refractivity contribution in [2.75, 3.05) is 0 Å². The van der Waals surface area contributed by atoms with Gasteiger partial charge in [0.15, 0.2) is 0 Å². The van der Waals surface area contributed by atoms with Crippen LogP contribution in [-0.4, -0.2) is 21.0 Å². The van der Waals surface area contributed by atoms with Crippen LogP contribution < -0.4 is 0 Å². The van der Waals surface area contributed by atoms with E-state index in [1.54, 1.807) is 23.9 Å². The number of aromatic nitrogens is 2. The molecular weight excluding hydrogens is 424 g/mol. The number of hydrogen-bond acceptors (Lipinski definition) is 5. The second-order valence-corrected chi connectivity index (χ2v) is 12.0. The molecular formula is C25H28N2O2S2. The van der Waals surface area contributed by atoms with Gasteiger partial charge in [0.1, 0.15) is 15.7 Å². The fraction of sp³-hybridized carbons (Fsp3) is 0.480. The molecule has 1 fully saturated rings. The summed E-state index contributed by atoms with van der Waals surface area (Å²) in [5.74, 6) is 2.16. The van der Waals surface area contributed by atoms with Crippen LogP contribution in [0.1, 0.15) is 78.1 Å². The number of carboxylic acid groups (broad SMARTS) is 1. The molecule has 1 atom stereocenters. The monoisotopic (exact) mass is 452 g/mol. The minimum Gasteiger partial charge on any atom is -0.478 e. The number of carboxylic acids is 1. The van der Waals surface area contributed by atoms with Crippen molar-refractivity contribution in [1.82, 2.24) is 9.97 Å². The average Bonchev–Trinajstić information content (AvgIpc) is 3.51. The van der Waals surface area contributed by atoms with E-state index in [2.05, 4.69) is 20.8 Å². The number of rotatable bonds is 5. The summed E-state index contributed by atoms with van der Waals surface area (Å²) in [6.45, 7) is 7.08. The van der Waals surface area contributed by atoms with Gasteiger partial charge in [0.2, 0.25) is 0 Å². The van der Waals surface area contributed by atoms with Crippen LogP contribution in [0, 0.1) is 11.3 Å². The van der Waals surface area contributed by atoms with Crippen LogP contribution in [0.15, 0.2) is 29.3 Å². The Morgan fingerprint density at radius 1 is 1.16 bits per heavy atom. The van der Waals surface area contributed by atoms with Crippen molar-refractivity contribution in [3.63, 3.8) is 0 Å². The molecule has 0 bridgehead atoms. The third-order valence-corrected chi connectivity index (χ3v) is 8.83. The van der Waals surface area contributed by atoms with Crippen LogP contribution in [0.25, 0.3) is 10.2 Å². The van der Waals surface area contributed by atoms with E-state index >= 15 is 0 Å². The van der Waals surface area contributed by atoms with Crippen LogP contribution in [0.5, 0.6) is 0 Å². The first-order valence-electron chi connectivity index (χ1n) is 11.1. The van der Waals surface area contributed by atoms with Gasteiger partial charge in [-0.3, -0.25) is 0 Å². The van der Waals surface area contributed by atoms with Crippen LogP contribution in [0.4, 0.5) is 0 Å². The molecule has 5 rings (SSSR count). The van der Waals surface area contributed by atoms with Gasteiger partial charge in [0, 0.05) is 21.9 Å². The van der Waals surface area contributed by atoms with Crippen LogP contribution in [0.2, 0.25) is 0 Å². The number of fused-ring (bicyclic) bond motifs is 3. The van der Waals surface area contributed by atoms with E-state index < -0.39 is 5.97 Å². The highest BCUT2D eigenvalue weighted by Crippen LogP contribution is 2.47. The normalized spacial score (nSPS) is 18.9. The molecule has 162 valence electrons. The molecule has 0 unspecified atom stereocenters. The van der Waals surface area contributed by atoms with E-state index in [0.29, 0.717) is 22.8 Å². The summed E-state index contributed by atoms with van der Waals surface area (Å²) in [7, 11) is 0. The van der Waals surface area contributed by atoms with Crippen molar-refractivity contribution < 1.29 is 9.90 Å². The third-order valence-electron chi connectivity index (χ3n) is 6.64. The van der Waals surface area contributed by atoms with Crippen molar-refractivity contribution >= 4 is 39.3 Å². The molecule has 3 aromatic rings. The summed E-state index contributed by atoms with van der Waals surface area (Å²) in [5.41, 5.74) is 3.26. The molecule has 4 nitrogen and oxygen atoms in total. The largest absolute Gasteiger partial charge is 0.478 e. The summed E-state index contributed by atoms with van der Waals surface area (Å²) in [5, 5.41) is 11.5. The summed E-state index contributed by atoms with van der Waals surface area (Å²) >= 11 is 3.66. The quantitative estimate of drug-likeness (QED) is 0.344. The molecule has 2 heterocycles. The first-order valence-corrected chi connectivity index (χ1v) is 12.9. The lowest BCUT2D eigenvalue weighted by Gasteiger charge is -2.33. The highest BCUT2D eigenvalue weighted by atomic mass is 32.2. The molecule has 2 aromatic heterocycles. The standard InChI is InChI=1S/C25H28N2O2S2/c1-25(2,3)17-10-11-18-19(12-17)31-23-20(18)22(26-21(27-23)15-8-9-15)30-13-14-4-6-16(7-5-14)24(28)29/h4-7,15,17H,8-13H2,1-3H3,(H,28,29)/t17-/m1/s1. The van der Waals surface area contributed by atoms with E-state index in [4.69, 9.17) is 15.1 Å². The molecule has 0 aliphatic heterocycles.